The van der Waals surface area contributed by atoms with Gasteiger partial charge in [0.1, 0.15) is 0 Å². The Morgan fingerprint density at radius 2 is 2.00 bits per heavy atom. The highest BCUT2D eigenvalue weighted by atomic mass is 79.9. The molecular formula is C8H4BrClF2. The van der Waals surface area contributed by atoms with Crippen molar-refractivity contribution in [3.63, 3.8) is 0 Å². The van der Waals surface area contributed by atoms with Gasteiger partial charge in [0.15, 0.2) is 5.83 Å². The van der Waals surface area contributed by atoms with Gasteiger partial charge in [0.05, 0.1) is 0 Å². The van der Waals surface area contributed by atoms with Crippen molar-refractivity contribution in [1.82, 2.24) is 0 Å². The highest BCUT2D eigenvalue weighted by Crippen LogP contribution is 2.25. The van der Waals surface area contributed by atoms with Crippen LogP contribution in [0.5, 0.6) is 0 Å². The van der Waals surface area contributed by atoms with Crippen LogP contribution in [0.1, 0.15) is 5.56 Å². The van der Waals surface area contributed by atoms with Crippen LogP contribution in [0, 0.1) is 0 Å². The molecule has 0 amide bonds. The van der Waals surface area contributed by atoms with Gasteiger partial charge in [-0.25, -0.2) is 4.39 Å². The van der Waals surface area contributed by atoms with Gasteiger partial charge in [-0.2, -0.15) is 4.39 Å². The fourth-order valence-corrected chi connectivity index (χ4v) is 1.24. The standard InChI is InChI=1S/C8H4BrClF2/c9-6-3-1-2-5(4-6)7(11)8(10)12/h1-4H/b8-7-. The lowest BCUT2D eigenvalue weighted by molar-refractivity contribution is 0.651. The van der Waals surface area contributed by atoms with Gasteiger partial charge in [0, 0.05) is 10.0 Å². The van der Waals surface area contributed by atoms with E-state index in [1.165, 1.54) is 12.1 Å². The Hall–Kier alpha value is -0.410. The molecule has 0 fully saturated rings. The van der Waals surface area contributed by atoms with E-state index in [0.717, 1.165) is 0 Å². The van der Waals surface area contributed by atoms with Crippen molar-refractivity contribution < 1.29 is 8.78 Å². The van der Waals surface area contributed by atoms with E-state index in [1.807, 2.05) is 0 Å². The molecule has 1 aromatic carbocycles. The quantitative estimate of drug-likeness (QED) is 0.702. The minimum atomic E-state index is -1.33. The SMILES string of the molecule is F/C(Cl)=C(\F)c1cccc(Br)c1. The van der Waals surface area contributed by atoms with Gasteiger partial charge in [-0.3, -0.25) is 0 Å². The second kappa shape index (κ2) is 4.01. The largest absolute Gasteiger partial charge is 0.225 e. The molecule has 0 aliphatic carbocycles. The average molecular weight is 253 g/mol. The minimum Gasteiger partial charge on any atom is -0.202 e. The van der Waals surface area contributed by atoms with Gasteiger partial charge >= 0.3 is 0 Å². The summed E-state index contributed by atoms with van der Waals surface area (Å²) in [6, 6.07) is 6.18. The van der Waals surface area contributed by atoms with Crippen LogP contribution in [0.2, 0.25) is 0 Å². The molecule has 0 spiro atoms. The van der Waals surface area contributed by atoms with Crippen LogP contribution >= 0.6 is 27.5 Å². The number of hydrogen-bond donors (Lipinski definition) is 0. The smallest absolute Gasteiger partial charge is 0.202 e. The zero-order valence-electron chi connectivity index (χ0n) is 5.82. The Balaban J connectivity index is 3.13. The Labute approximate surface area is 82.0 Å². The summed E-state index contributed by atoms with van der Waals surface area (Å²) in [6.07, 6.45) is 0. The summed E-state index contributed by atoms with van der Waals surface area (Å²) in [6.45, 7) is 0. The molecule has 0 nitrogen and oxygen atoms in total. The Morgan fingerprint density at radius 3 is 2.50 bits per heavy atom. The first kappa shape index (κ1) is 9.68. The highest BCUT2D eigenvalue weighted by molar-refractivity contribution is 9.10. The zero-order chi connectivity index (χ0) is 9.14. The van der Waals surface area contributed by atoms with Crippen LogP contribution in [0.4, 0.5) is 8.78 Å². The Kier molecular flexibility index (Phi) is 3.23. The first-order valence-corrected chi connectivity index (χ1v) is 4.25. The summed E-state index contributed by atoms with van der Waals surface area (Å²) in [7, 11) is 0. The second-order valence-electron chi connectivity index (χ2n) is 2.08. The van der Waals surface area contributed by atoms with Crippen LogP contribution < -0.4 is 0 Å². The van der Waals surface area contributed by atoms with Crippen molar-refractivity contribution in [2.45, 2.75) is 0 Å². The van der Waals surface area contributed by atoms with Crippen molar-refractivity contribution in [1.29, 1.82) is 0 Å². The lowest BCUT2D eigenvalue weighted by Gasteiger charge is -1.96. The Bertz CT molecular complexity index is 319. The first-order valence-electron chi connectivity index (χ1n) is 3.08. The summed E-state index contributed by atoms with van der Waals surface area (Å²) in [4.78, 5) is 0. The van der Waals surface area contributed by atoms with E-state index in [2.05, 4.69) is 15.9 Å². The van der Waals surface area contributed by atoms with Crippen molar-refractivity contribution in [2.24, 2.45) is 0 Å². The summed E-state index contributed by atoms with van der Waals surface area (Å²) in [5.41, 5.74) is 0.122. The molecule has 0 aliphatic rings. The van der Waals surface area contributed by atoms with E-state index in [-0.39, 0.29) is 5.56 Å². The van der Waals surface area contributed by atoms with Crippen LogP contribution in [0.15, 0.2) is 34.0 Å². The third kappa shape index (κ3) is 2.29. The molecule has 0 heterocycles. The number of halogens is 4. The van der Waals surface area contributed by atoms with E-state index in [1.54, 1.807) is 12.1 Å². The minimum absolute atomic E-state index is 0.122. The van der Waals surface area contributed by atoms with Gasteiger partial charge in [0.25, 0.3) is 0 Å². The molecule has 1 aromatic rings. The molecule has 0 aromatic heterocycles. The van der Waals surface area contributed by atoms with Crippen molar-refractivity contribution in [3.05, 3.63) is 39.6 Å². The number of rotatable bonds is 1. The lowest BCUT2D eigenvalue weighted by atomic mass is 10.2. The van der Waals surface area contributed by atoms with Gasteiger partial charge in [-0.15, -0.1) is 0 Å². The second-order valence-corrected chi connectivity index (χ2v) is 3.33. The molecule has 0 N–H and O–H groups in total. The summed E-state index contributed by atoms with van der Waals surface area (Å²) >= 11 is 7.96. The molecule has 0 bridgehead atoms. The summed E-state index contributed by atoms with van der Waals surface area (Å²) < 4.78 is 25.6. The molecule has 12 heavy (non-hydrogen) atoms. The van der Waals surface area contributed by atoms with Crippen LogP contribution in [0.3, 0.4) is 0 Å². The van der Waals surface area contributed by atoms with Crippen molar-refractivity contribution in [2.75, 3.05) is 0 Å². The molecule has 0 saturated heterocycles. The Morgan fingerprint density at radius 1 is 1.33 bits per heavy atom. The number of benzene rings is 1. The maximum atomic E-state index is 12.8. The molecule has 0 unspecified atom stereocenters. The zero-order valence-corrected chi connectivity index (χ0v) is 8.16. The predicted octanol–water partition coefficient (Wildman–Crippen LogP) is 4.25. The normalized spacial score (nSPS) is 12.7. The van der Waals surface area contributed by atoms with Gasteiger partial charge in [0.2, 0.25) is 5.29 Å². The van der Waals surface area contributed by atoms with E-state index in [0.29, 0.717) is 4.47 Å². The van der Waals surface area contributed by atoms with Crippen LogP contribution in [-0.4, -0.2) is 0 Å². The monoisotopic (exact) mass is 252 g/mol. The van der Waals surface area contributed by atoms with Crippen LogP contribution in [-0.2, 0) is 0 Å². The maximum Gasteiger partial charge on any atom is 0.225 e. The maximum absolute atomic E-state index is 12.8. The van der Waals surface area contributed by atoms with Crippen molar-refractivity contribution >= 4 is 33.4 Å². The van der Waals surface area contributed by atoms with Gasteiger partial charge in [-0.1, -0.05) is 28.1 Å². The average Bonchev–Trinajstić information content (AvgIpc) is 2.03. The van der Waals surface area contributed by atoms with E-state index < -0.39 is 11.1 Å². The van der Waals surface area contributed by atoms with Gasteiger partial charge in [-0.05, 0) is 23.7 Å². The summed E-state index contributed by atoms with van der Waals surface area (Å²) in [5, 5.41) is -1.33. The number of hydrogen-bond acceptors (Lipinski definition) is 0. The first-order chi connectivity index (χ1) is 5.61. The summed E-state index contributed by atoms with van der Waals surface area (Å²) in [5.74, 6) is -1.04. The van der Waals surface area contributed by atoms with E-state index >= 15 is 0 Å². The fourth-order valence-electron chi connectivity index (χ4n) is 0.734. The van der Waals surface area contributed by atoms with Crippen molar-refractivity contribution in [3.8, 4) is 0 Å². The third-order valence-corrected chi connectivity index (χ3v) is 1.90. The lowest BCUT2D eigenvalue weighted by Crippen LogP contribution is -1.78. The molecule has 0 radical (unpaired) electrons. The van der Waals surface area contributed by atoms with Gasteiger partial charge < -0.3 is 0 Å². The molecule has 0 aliphatic heterocycles. The third-order valence-electron chi connectivity index (χ3n) is 1.24. The molecule has 1 rings (SSSR count). The topological polar surface area (TPSA) is 0 Å². The van der Waals surface area contributed by atoms with Crippen LogP contribution in [0.25, 0.3) is 5.83 Å². The van der Waals surface area contributed by atoms with E-state index in [4.69, 9.17) is 11.6 Å². The molecule has 4 heteroatoms. The molecule has 0 saturated carbocycles. The fraction of sp³-hybridized carbons (Fsp3) is 0. The van der Waals surface area contributed by atoms with E-state index in [9.17, 15) is 8.78 Å². The molecular weight excluding hydrogens is 249 g/mol. The molecule has 64 valence electrons. The highest BCUT2D eigenvalue weighted by Gasteiger charge is 2.05. The molecule has 0 atom stereocenters. The predicted molar refractivity (Wildman–Crippen MR) is 49.1 cm³/mol.